The third-order valence-electron chi connectivity index (χ3n) is 3.16. The van der Waals surface area contributed by atoms with Crippen molar-refractivity contribution in [1.29, 1.82) is 0 Å². The van der Waals surface area contributed by atoms with Gasteiger partial charge in [0.2, 0.25) is 0 Å². The van der Waals surface area contributed by atoms with Gasteiger partial charge in [0, 0.05) is 5.69 Å². The van der Waals surface area contributed by atoms with E-state index in [2.05, 4.69) is 0 Å². The molecular weight excluding hydrogens is 290 g/mol. The molecule has 1 atom stereocenters. The molecule has 0 saturated heterocycles. The van der Waals surface area contributed by atoms with Crippen LogP contribution in [0.2, 0.25) is 0 Å². The zero-order valence-electron chi connectivity index (χ0n) is 12.7. The number of carbonyl (C=O) groups is 1. The van der Waals surface area contributed by atoms with Crippen LogP contribution >= 0.6 is 0 Å². The molecule has 0 saturated carbocycles. The number of sulfone groups is 1. The van der Waals surface area contributed by atoms with Gasteiger partial charge in [-0.1, -0.05) is 26.0 Å². The molecule has 0 aliphatic heterocycles. The Bertz CT molecular complexity index is 564. The normalized spacial score (nSPS) is 13.1. The van der Waals surface area contributed by atoms with Gasteiger partial charge in [0.15, 0.2) is 15.1 Å². The highest BCUT2D eigenvalue weighted by Crippen LogP contribution is 2.14. The van der Waals surface area contributed by atoms with Crippen molar-refractivity contribution >= 4 is 21.5 Å². The van der Waals surface area contributed by atoms with Crippen LogP contribution in [0.5, 0.6) is 0 Å². The van der Waals surface area contributed by atoms with Gasteiger partial charge in [0.25, 0.3) is 0 Å². The topological polar surface area (TPSA) is 86.5 Å². The van der Waals surface area contributed by atoms with Gasteiger partial charge in [-0.3, -0.25) is 4.79 Å². The van der Waals surface area contributed by atoms with Crippen molar-refractivity contribution in [1.82, 2.24) is 0 Å². The van der Waals surface area contributed by atoms with Crippen molar-refractivity contribution < 1.29 is 17.9 Å². The molecule has 0 radical (unpaired) electrons. The molecule has 1 aromatic rings. The van der Waals surface area contributed by atoms with E-state index in [1.54, 1.807) is 24.3 Å². The number of carbonyl (C=O) groups excluding carboxylic acids is 1. The molecule has 0 spiro atoms. The number of benzene rings is 1. The van der Waals surface area contributed by atoms with E-state index in [1.807, 2.05) is 13.8 Å². The second kappa shape index (κ2) is 7.45. The first kappa shape index (κ1) is 17.5. The van der Waals surface area contributed by atoms with E-state index < -0.39 is 21.1 Å². The highest BCUT2D eigenvalue weighted by atomic mass is 32.2. The van der Waals surface area contributed by atoms with E-state index in [9.17, 15) is 13.2 Å². The van der Waals surface area contributed by atoms with E-state index in [0.717, 1.165) is 6.42 Å². The fourth-order valence-electron chi connectivity index (χ4n) is 1.63. The minimum absolute atomic E-state index is 0.201. The summed E-state index contributed by atoms with van der Waals surface area (Å²) in [5, 5.41) is -1.16. The summed E-state index contributed by atoms with van der Waals surface area (Å²) in [6.45, 7) is 5.63. The molecule has 0 heterocycles. The molecule has 1 aromatic carbocycles. The Labute approximate surface area is 126 Å². The summed E-state index contributed by atoms with van der Waals surface area (Å²) in [7, 11) is -3.59. The number of nitrogen functional groups attached to an aromatic ring is 1. The van der Waals surface area contributed by atoms with Gasteiger partial charge in [-0.2, -0.15) is 0 Å². The lowest BCUT2D eigenvalue weighted by Crippen LogP contribution is -2.30. The average molecular weight is 313 g/mol. The Kier molecular flexibility index (Phi) is 6.20. The molecule has 2 N–H and O–H groups in total. The van der Waals surface area contributed by atoms with Crippen LogP contribution in [-0.2, 0) is 25.1 Å². The number of nitrogens with two attached hydrogens (primary N) is 1. The lowest BCUT2D eigenvalue weighted by molar-refractivity contribution is -0.143. The van der Waals surface area contributed by atoms with Crippen LogP contribution in [0.1, 0.15) is 32.8 Å². The molecule has 0 bridgehead atoms. The first-order chi connectivity index (χ1) is 9.72. The zero-order chi connectivity index (χ0) is 16.0. The summed E-state index contributed by atoms with van der Waals surface area (Å²) in [5.74, 6) is -0.487. The monoisotopic (exact) mass is 313 g/mol. The van der Waals surface area contributed by atoms with Gasteiger partial charge in [-0.05, 0) is 37.0 Å². The first-order valence-electron chi connectivity index (χ1n) is 6.95. The Hall–Kier alpha value is -1.56. The lowest BCUT2D eigenvalue weighted by atomic mass is 10.1. The predicted molar refractivity (Wildman–Crippen MR) is 83.4 cm³/mol. The highest BCUT2D eigenvalue weighted by Gasteiger charge is 2.29. The minimum atomic E-state index is -3.59. The van der Waals surface area contributed by atoms with E-state index in [0.29, 0.717) is 17.2 Å². The second-order valence-corrected chi connectivity index (χ2v) is 7.86. The molecule has 21 heavy (non-hydrogen) atoms. The maximum atomic E-state index is 12.2. The third kappa shape index (κ3) is 5.75. The number of rotatable bonds is 7. The van der Waals surface area contributed by atoms with Crippen LogP contribution in [0.3, 0.4) is 0 Å². The molecule has 0 amide bonds. The van der Waals surface area contributed by atoms with Crippen molar-refractivity contribution in [3.8, 4) is 0 Å². The minimum Gasteiger partial charge on any atom is -0.465 e. The fraction of sp³-hybridized carbons (Fsp3) is 0.533. The van der Waals surface area contributed by atoms with Gasteiger partial charge < -0.3 is 10.5 Å². The fourth-order valence-corrected chi connectivity index (χ4v) is 2.90. The quantitative estimate of drug-likeness (QED) is 0.616. The zero-order valence-corrected chi connectivity index (χ0v) is 13.5. The molecule has 5 nitrogen and oxygen atoms in total. The number of hydrogen-bond acceptors (Lipinski definition) is 5. The van der Waals surface area contributed by atoms with E-state index in [-0.39, 0.29) is 12.4 Å². The molecular formula is C15H23NO4S. The van der Waals surface area contributed by atoms with Crippen LogP contribution < -0.4 is 5.73 Å². The summed E-state index contributed by atoms with van der Waals surface area (Å²) >= 11 is 0. The van der Waals surface area contributed by atoms with Crippen LogP contribution in [0.4, 0.5) is 5.69 Å². The molecule has 1 unspecified atom stereocenters. The molecule has 0 aliphatic rings. The van der Waals surface area contributed by atoms with Crippen LogP contribution in [0.25, 0.3) is 0 Å². The Morgan fingerprint density at radius 3 is 2.29 bits per heavy atom. The first-order valence-corrected chi connectivity index (χ1v) is 8.66. The van der Waals surface area contributed by atoms with Gasteiger partial charge in [0.05, 0.1) is 12.4 Å². The molecule has 1 rings (SSSR count). The average Bonchev–Trinajstić information content (AvgIpc) is 2.39. The van der Waals surface area contributed by atoms with Gasteiger partial charge in [-0.25, -0.2) is 8.42 Å². The maximum Gasteiger partial charge on any atom is 0.324 e. The Morgan fingerprint density at radius 2 is 1.76 bits per heavy atom. The van der Waals surface area contributed by atoms with Crippen molar-refractivity contribution in [3.63, 3.8) is 0 Å². The van der Waals surface area contributed by atoms with Gasteiger partial charge >= 0.3 is 5.97 Å². The molecule has 0 aromatic heterocycles. The number of hydrogen-bond donors (Lipinski definition) is 1. The lowest BCUT2D eigenvalue weighted by Gasteiger charge is -2.13. The molecule has 6 heteroatoms. The second-order valence-electron chi connectivity index (χ2n) is 5.54. The van der Waals surface area contributed by atoms with E-state index in [1.165, 1.54) is 6.92 Å². The summed E-state index contributed by atoms with van der Waals surface area (Å²) in [6.07, 6.45) is 0.719. The molecule has 0 fully saturated rings. The number of ether oxygens (including phenoxy) is 1. The van der Waals surface area contributed by atoms with Gasteiger partial charge in [0.1, 0.15) is 0 Å². The third-order valence-corrected chi connectivity index (χ3v) is 5.16. The predicted octanol–water partition coefficient (Wildman–Crippen LogP) is 2.16. The molecule has 0 aliphatic carbocycles. The van der Waals surface area contributed by atoms with Gasteiger partial charge in [-0.15, -0.1) is 0 Å². The Morgan fingerprint density at radius 1 is 1.19 bits per heavy atom. The van der Waals surface area contributed by atoms with Crippen molar-refractivity contribution in [3.05, 3.63) is 29.8 Å². The van der Waals surface area contributed by atoms with Crippen molar-refractivity contribution in [2.75, 3.05) is 12.3 Å². The number of esters is 1. The van der Waals surface area contributed by atoms with E-state index >= 15 is 0 Å². The largest absolute Gasteiger partial charge is 0.465 e. The van der Waals surface area contributed by atoms with Crippen LogP contribution in [-0.4, -0.2) is 26.2 Å². The van der Waals surface area contributed by atoms with Crippen molar-refractivity contribution in [2.24, 2.45) is 5.92 Å². The summed E-state index contributed by atoms with van der Waals surface area (Å²) in [4.78, 5) is 11.8. The highest BCUT2D eigenvalue weighted by molar-refractivity contribution is 7.92. The summed E-state index contributed by atoms with van der Waals surface area (Å²) in [5.41, 5.74) is 6.72. The Balaban J connectivity index is 2.64. The smallest absolute Gasteiger partial charge is 0.324 e. The van der Waals surface area contributed by atoms with E-state index in [4.69, 9.17) is 10.5 Å². The molecule has 118 valence electrons. The maximum absolute atomic E-state index is 12.2. The van der Waals surface area contributed by atoms with Crippen LogP contribution in [0, 0.1) is 5.92 Å². The standard InChI is InChI=1S/C15H23NO4S/c1-11(2)8-9-20-15(17)12(3)21(18,19)10-13-4-6-14(16)7-5-13/h4-7,11-12H,8-10,16H2,1-3H3. The summed E-state index contributed by atoms with van der Waals surface area (Å²) < 4.78 is 29.4. The van der Waals surface area contributed by atoms with Crippen LogP contribution in [0.15, 0.2) is 24.3 Å². The summed E-state index contributed by atoms with van der Waals surface area (Å²) in [6, 6.07) is 6.56. The SMILES string of the molecule is CC(C)CCOC(=O)C(C)S(=O)(=O)Cc1ccc(N)cc1. The van der Waals surface area contributed by atoms with Crippen molar-refractivity contribution in [2.45, 2.75) is 38.2 Å². The number of anilines is 1.